The zero-order chi connectivity index (χ0) is 37.1. The molecule has 0 aromatic heterocycles. The van der Waals surface area contributed by atoms with Crippen LogP contribution in [0.1, 0.15) is 51.0 Å². The number of carbonyl (C=O) groups excluding carboxylic acids is 7. The second-order valence-corrected chi connectivity index (χ2v) is 12.5. The molecule has 274 valence electrons. The molecule has 1 aliphatic heterocycles. The van der Waals surface area contributed by atoms with Crippen molar-refractivity contribution >= 4 is 64.2 Å². The monoisotopic (exact) mass is 719 g/mol. The van der Waals surface area contributed by atoms with Crippen molar-refractivity contribution in [3.63, 3.8) is 0 Å². The molecule has 0 spiro atoms. The summed E-state index contributed by atoms with van der Waals surface area (Å²) in [6, 6.07) is 3.32. The number of nitrogens with one attached hydrogen (secondary N) is 6. The van der Waals surface area contributed by atoms with Gasteiger partial charge in [0.1, 0.15) is 24.2 Å². The molecule has 1 aromatic rings. The summed E-state index contributed by atoms with van der Waals surface area (Å²) < 4.78 is 0. The average Bonchev–Trinajstić information content (AvgIpc) is 3.05. The predicted octanol–water partition coefficient (Wildman–Crippen LogP) is -2.61. The number of thioether (sulfide) groups is 1. The highest BCUT2D eigenvalue weighted by molar-refractivity contribution is 8.14. The van der Waals surface area contributed by atoms with Crippen LogP contribution in [0.25, 0.3) is 0 Å². The highest BCUT2D eigenvalue weighted by Crippen LogP contribution is 2.09. The third-order valence-electron chi connectivity index (χ3n) is 7.23. The lowest BCUT2D eigenvalue weighted by Gasteiger charge is -2.26. The summed E-state index contributed by atoms with van der Waals surface area (Å²) in [4.78, 5) is 105. The van der Waals surface area contributed by atoms with E-state index in [2.05, 4.69) is 36.9 Å². The highest BCUT2D eigenvalue weighted by Gasteiger charge is 2.33. The summed E-state index contributed by atoms with van der Waals surface area (Å²) in [6.07, 6.45) is 0.218. The highest BCUT2D eigenvalue weighted by atomic mass is 32.2. The van der Waals surface area contributed by atoms with Crippen LogP contribution in [-0.2, 0) is 44.8 Å². The molecule has 19 heteroatoms. The molecule has 1 aromatic carbocycles. The Morgan fingerprint density at radius 3 is 2.08 bits per heavy atom. The number of unbranched alkanes of at least 4 members (excludes halogenated alkanes) is 1. The van der Waals surface area contributed by atoms with Crippen LogP contribution < -0.4 is 43.4 Å². The second kappa shape index (κ2) is 21.7. The van der Waals surface area contributed by atoms with Crippen LogP contribution in [0.4, 0.5) is 0 Å². The van der Waals surface area contributed by atoms with Crippen LogP contribution in [0.15, 0.2) is 35.3 Å². The van der Waals surface area contributed by atoms with Gasteiger partial charge in [0, 0.05) is 26.4 Å². The number of aliphatic imine (C=N–C) groups is 1. The molecule has 11 N–H and O–H groups in total. The van der Waals surface area contributed by atoms with Gasteiger partial charge < -0.3 is 48.5 Å². The van der Waals surface area contributed by atoms with E-state index in [4.69, 9.17) is 11.5 Å². The van der Waals surface area contributed by atoms with E-state index < -0.39 is 72.6 Å². The van der Waals surface area contributed by atoms with Crippen molar-refractivity contribution in [1.29, 1.82) is 0 Å². The summed E-state index contributed by atoms with van der Waals surface area (Å²) in [7, 11) is 0. The summed E-state index contributed by atoms with van der Waals surface area (Å²) in [6.45, 7) is 1.07. The summed E-state index contributed by atoms with van der Waals surface area (Å²) >= 11 is 0.869. The molecule has 2 rings (SSSR count). The molecule has 0 bridgehead atoms. The average molecular weight is 720 g/mol. The summed E-state index contributed by atoms with van der Waals surface area (Å²) in [5, 5.41) is 24.4. The Morgan fingerprint density at radius 1 is 0.840 bits per heavy atom. The summed E-state index contributed by atoms with van der Waals surface area (Å²) in [5.74, 6) is -6.05. The van der Waals surface area contributed by atoms with Crippen molar-refractivity contribution in [2.75, 3.05) is 25.4 Å². The maximum atomic E-state index is 13.8. The number of hydrogen-bond acceptors (Lipinski definition) is 10. The first-order chi connectivity index (χ1) is 23.7. The van der Waals surface area contributed by atoms with E-state index in [1.807, 2.05) is 0 Å². The SMILES string of the molecule is CC(=O)SCC(=O)NCCCC[C@@H]1NC(=O)[C@@H](Cc2ccccc2)NC(=O)[C@H](CC(=O)O)NC(=O)CNC(=O)[C@H](CCCN=C(N)N)NC1=O. The first-order valence-corrected chi connectivity index (χ1v) is 16.9. The number of rotatable bonds is 15. The fraction of sp³-hybridized carbons (Fsp3) is 0.516. The van der Waals surface area contributed by atoms with E-state index in [1.165, 1.54) is 6.92 Å². The molecule has 18 nitrogen and oxygen atoms in total. The van der Waals surface area contributed by atoms with E-state index in [0.29, 0.717) is 18.4 Å². The number of nitrogens with two attached hydrogens (primary N) is 2. The smallest absolute Gasteiger partial charge is 0.305 e. The molecule has 1 fully saturated rings. The maximum Gasteiger partial charge on any atom is 0.305 e. The molecule has 0 unspecified atom stereocenters. The number of carboxylic acid groups (broad SMARTS) is 1. The van der Waals surface area contributed by atoms with Gasteiger partial charge in [-0.25, -0.2) is 0 Å². The van der Waals surface area contributed by atoms with Crippen molar-refractivity contribution in [3.05, 3.63) is 35.9 Å². The third kappa shape index (κ3) is 16.3. The van der Waals surface area contributed by atoms with Crippen LogP contribution in [0.5, 0.6) is 0 Å². The molecule has 4 atom stereocenters. The predicted molar refractivity (Wildman–Crippen MR) is 183 cm³/mol. The van der Waals surface area contributed by atoms with Gasteiger partial charge in [-0.15, -0.1) is 0 Å². The molecule has 0 saturated carbocycles. The number of guanidine groups is 1. The summed E-state index contributed by atoms with van der Waals surface area (Å²) in [5.41, 5.74) is 11.4. The van der Waals surface area contributed by atoms with Crippen LogP contribution in [-0.4, -0.2) is 107 Å². The zero-order valence-electron chi connectivity index (χ0n) is 27.7. The minimum Gasteiger partial charge on any atom is -0.481 e. The number of amides is 6. The van der Waals surface area contributed by atoms with Gasteiger partial charge in [0.2, 0.25) is 35.4 Å². The molecule has 0 aliphatic carbocycles. The van der Waals surface area contributed by atoms with Gasteiger partial charge in [-0.1, -0.05) is 42.1 Å². The lowest BCUT2D eigenvalue weighted by Crippen LogP contribution is -2.58. The van der Waals surface area contributed by atoms with Gasteiger partial charge in [-0.2, -0.15) is 0 Å². The second-order valence-electron chi connectivity index (χ2n) is 11.4. The van der Waals surface area contributed by atoms with Gasteiger partial charge in [0.15, 0.2) is 11.1 Å². The van der Waals surface area contributed by atoms with Gasteiger partial charge in [-0.05, 0) is 37.7 Å². The van der Waals surface area contributed by atoms with Crippen LogP contribution in [0.2, 0.25) is 0 Å². The van der Waals surface area contributed by atoms with E-state index in [1.54, 1.807) is 30.3 Å². The van der Waals surface area contributed by atoms with E-state index in [9.17, 15) is 43.5 Å². The van der Waals surface area contributed by atoms with E-state index in [0.717, 1.165) is 11.8 Å². The molecule has 0 radical (unpaired) electrons. The van der Waals surface area contributed by atoms with Crippen LogP contribution >= 0.6 is 11.8 Å². The minimum absolute atomic E-state index is 0.0357. The fourth-order valence-corrected chi connectivity index (χ4v) is 5.19. The number of nitrogens with zero attached hydrogens (tertiary/aromatic N) is 1. The lowest BCUT2D eigenvalue weighted by molar-refractivity contribution is -0.141. The number of carbonyl (C=O) groups is 8. The standard InChI is InChI=1S/C31H45N9O9S/c1-18(41)50-17-25(43)34-12-6-5-10-21-28(47)38-20(11-7-13-35-31(32)33)27(46)36-16-24(42)37-23(15-26(44)45)30(49)40-22(29(48)39-21)14-19-8-3-2-4-9-19/h2-4,8-9,20-23H,5-7,10-17H2,1H3,(H,34,43)(H,36,46)(H,37,42)(H,38,47)(H,39,48)(H,40,49)(H,44,45)(H4,32,33,35)/t20-,21-,22+,23-/m0/s1. The largest absolute Gasteiger partial charge is 0.481 e. The third-order valence-corrected chi connectivity index (χ3v) is 8.04. The van der Waals surface area contributed by atoms with Crippen molar-refractivity contribution < 1.29 is 43.5 Å². The number of hydrogen-bond donors (Lipinski definition) is 9. The maximum absolute atomic E-state index is 13.8. The molecular formula is C31H45N9O9S. The van der Waals surface area contributed by atoms with Gasteiger partial charge >= 0.3 is 5.97 Å². The Hall–Kier alpha value is -5.20. The number of carboxylic acids is 1. The molecule has 1 heterocycles. The number of benzene rings is 1. The van der Waals surface area contributed by atoms with Crippen LogP contribution in [0, 0.1) is 0 Å². The van der Waals surface area contributed by atoms with Crippen molar-refractivity contribution in [2.45, 2.75) is 76.0 Å². The first kappa shape index (κ1) is 41.0. The topological polar surface area (TPSA) is 293 Å². The van der Waals surface area contributed by atoms with Crippen molar-refractivity contribution in [2.24, 2.45) is 16.5 Å². The molecular weight excluding hydrogens is 674 g/mol. The van der Waals surface area contributed by atoms with Crippen molar-refractivity contribution in [1.82, 2.24) is 31.9 Å². The van der Waals surface area contributed by atoms with Crippen LogP contribution in [0.3, 0.4) is 0 Å². The molecule has 1 aliphatic rings. The fourth-order valence-electron chi connectivity index (χ4n) is 4.76. The molecule has 1 saturated heterocycles. The number of aliphatic carboxylic acids is 1. The van der Waals surface area contributed by atoms with Gasteiger partial charge in [0.05, 0.1) is 18.7 Å². The quantitative estimate of drug-likeness (QED) is 0.0512. The first-order valence-electron chi connectivity index (χ1n) is 15.9. The molecule has 50 heavy (non-hydrogen) atoms. The minimum atomic E-state index is -1.59. The Kier molecular flexibility index (Phi) is 17.8. The van der Waals surface area contributed by atoms with Gasteiger partial charge in [-0.3, -0.25) is 43.3 Å². The Labute approximate surface area is 293 Å². The lowest BCUT2D eigenvalue weighted by atomic mass is 10.0. The Bertz CT molecular complexity index is 1410. The normalized spacial score (nSPS) is 20.4. The van der Waals surface area contributed by atoms with E-state index in [-0.39, 0.29) is 61.5 Å². The Balaban J connectivity index is 2.38. The van der Waals surface area contributed by atoms with Gasteiger partial charge in [0.25, 0.3) is 0 Å². The Morgan fingerprint density at radius 2 is 1.44 bits per heavy atom. The van der Waals surface area contributed by atoms with Crippen molar-refractivity contribution in [3.8, 4) is 0 Å². The van der Waals surface area contributed by atoms with E-state index >= 15 is 0 Å². The molecule has 6 amide bonds. The zero-order valence-corrected chi connectivity index (χ0v) is 28.5.